The van der Waals surface area contributed by atoms with Gasteiger partial charge in [0.15, 0.2) is 0 Å². The molecule has 0 unspecified atom stereocenters. The Morgan fingerprint density at radius 2 is 1.87 bits per heavy atom. The lowest BCUT2D eigenvalue weighted by molar-refractivity contribution is -0.124. The van der Waals surface area contributed by atoms with Crippen LogP contribution < -0.4 is 16.5 Å². The SMILES string of the molecule is CC(CC(N)=O)=NNC(=O)CCC(=O)Nc1cccc(Cl)c1C. The predicted octanol–water partition coefficient (Wildman–Crippen LogP) is 1.73. The molecule has 0 aliphatic carbocycles. The summed E-state index contributed by atoms with van der Waals surface area (Å²) in [4.78, 5) is 34.1. The fraction of sp³-hybridized carbons (Fsp3) is 0.333. The van der Waals surface area contributed by atoms with Crippen LogP contribution in [0.15, 0.2) is 23.3 Å². The van der Waals surface area contributed by atoms with Crippen molar-refractivity contribution in [3.63, 3.8) is 0 Å². The van der Waals surface area contributed by atoms with Gasteiger partial charge in [-0.15, -0.1) is 0 Å². The van der Waals surface area contributed by atoms with Crippen LogP contribution in [0.3, 0.4) is 0 Å². The molecule has 8 heteroatoms. The monoisotopic (exact) mass is 338 g/mol. The first-order valence-electron chi connectivity index (χ1n) is 6.95. The third-order valence-corrected chi connectivity index (χ3v) is 3.33. The zero-order valence-electron chi connectivity index (χ0n) is 13.0. The number of hydrazone groups is 1. The van der Waals surface area contributed by atoms with Crippen molar-refractivity contribution in [1.82, 2.24) is 5.43 Å². The van der Waals surface area contributed by atoms with Crippen LogP contribution in [0.25, 0.3) is 0 Å². The minimum atomic E-state index is -0.531. The van der Waals surface area contributed by atoms with Crippen molar-refractivity contribution in [2.45, 2.75) is 33.1 Å². The Morgan fingerprint density at radius 3 is 2.52 bits per heavy atom. The number of nitrogens with one attached hydrogen (secondary N) is 2. The molecular formula is C15H19ClN4O3. The van der Waals surface area contributed by atoms with E-state index in [4.69, 9.17) is 17.3 Å². The van der Waals surface area contributed by atoms with Crippen LogP contribution in [0.1, 0.15) is 31.7 Å². The lowest BCUT2D eigenvalue weighted by Gasteiger charge is -2.09. The van der Waals surface area contributed by atoms with Gasteiger partial charge in [0.05, 0.1) is 6.42 Å². The first-order chi connectivity index (χ1) is 10.8. The highest BCUT2D eigenvalue weighted by Gasteiger charge is 2.09. The maximum atomic E-state index is 11.8. The summed E-state index contributed by atoms with van der Waals surface area (Å²) < 4.78 is 0. The van der Waals surface area contributed by atoms with Crippen molar-refractivity contribution in [2.75, 3.05) is 5.32 Å². The standard InChI is InChI=1S/C15H19ClN4O3/c1-9(8-13(17)21)19-20-15(23)7-6-14(22)18-12-5-3-4-11(16)10(12)2/h3-5H,6-8H2,1-2H3,(H2,17,21)(H,18,22)(H,20,23). The molecule has 0 saturated heterocycles. The number of carbonyl (C=O) groups excluding carboxylic acids is 3. The van der Waals surface area contributed by atoms with Gasteiger partial charge in [-0.1, -0.05) is 17.7 Å². The topological polar surface area (TPSA) is 114 Å². The van der Waals surface area contributed by atoms with E-state index in [1.54, 1.807) is 32.0 Å². The first kappa shape index (κ1) is 18.6. The summed E-state index contributed by atoms with van der Waals surface area (Å²) >= 11 is 5.97. The summed E-state index contributed by atoms with van der Waals surface area (Å²) in [5.41, 5.74) is 9.03. The number of hydrogen-bond donors (Lipinski definition) is 3. The normalized spacial score (nSPS) is 11.0. The highest BCUT2D eigenvalue weighted by Crippen LogP contribution is 2.22. The number of rotatable bonds is 7. The number of hydrogen-bond acceptors (Lipinski definition) is 4. The molecule has 0 heterocycles. The molecule has 3 amide bonds. The molecule has 0 aliphatic heterocycles. The molecule has 0 fully saturated rings. The fourth-order valence-corrected chi connectivity index (χ4v) is 1.86. The van der Waals surface area contributed by atoms with Gasteiger partial charge in [-0.25, -0.2) is 5.43 Å². The molecular weight excluding hydrogens is 320 g/mol. The zero-order chi connectivity index (χ0) is 17.4. The van der Waals surface area contributed by atoms with Crippen molar-refractivity contribution in [3.8, 4) is 0 Å². The van der Waals surface area contributed by atoms with Crippen molar-refractivity contribution >= 4 is 40.7 Å². The van der Waals surface area contributed by atoms with Crippen LogP contribution in [0.4, 0.5) is 5.69 Å². The molecule has 4 N–H and O–H groups in total. The number of nitrogens with zero attached hydrogens (tertiary/aromatic N) is 1. The average molecular weight is 339 g/mol. The van der Waals surface area contributed by atoms with E-state index in [1.165, 1.54) is 0 Å². The van der Waals surface area contributed by atoms with Crippen LogP contribution in [0.2, 0.25) is 5.02 Å². The maximum absolute atomic E-state index is 11.8. The van der Waals surface area contributed by atoms with Crippen LogP contribution in [0, 0.1) is 6.92 Å². The second kappa shape index (κ2) is 8.89. The minimum absolute atomic E-state index is 0.00216. The van der Waals surface area contributed by atoms with Crippen molar-refractivity contribution in [3.05, 3.63) is 28.8 Å². The number of nitrogens with two attached hydrogens (primary N) is 1. The molecule has 0 saturated carbocycles. The number of halogens is 1. The summed E-state index contributed by atoms with van der Waals surface area (Å²) in [7, 11) is 0. The second-order valence-electron chi connectivity index (χ2n) is 4.99. The van der Waals surface area contributed by atoms with Crippen molar-refractivity contribution in [1.29, 1.82) is 0 Å². The summed E-state index contributed by atoms with van der Waals surface area (Å²) in [5.74, 6) is -1.26. The molecule has 0 spiro atoms. The molecule has 1 rings (SSSR count). The van der Waals surface area contributed by atoms with Gasteiger partial charge in [-0.2, -0.15) is 5.10 Å². The smallest absolute Gasteiger partial charge is 0.240 e. The van der Waals surface area contributed by atoms with E-state index in [0.29, 0.717) is 16.4 Å². The summed E-state index contributed by atoms with van der Waals surface area (Å²) in [5, 5.41) is 6.97. The number of carbonyl (C=O) groups is 3. The van der Waals surface area contributed by atoms with Gasteiger partial charge in [-0.3, -0.25) is 14.4 Å². The van der Waals surface area contributed by atoms with Crippen molar-refractivity contribution in [2.24, 2.45) is 10.8 Å². The first-order valence-corrected chi connectivity index (χ1v) is 7.32. The van der Waals surface area contributed by atoms with Gasteiger partial charge >= 0.3 is 0 Å². The van der Waals surface area contributed by atoms with Gasteiger partial charge in [-0.05, 0) is 31.5 Å². The second-order valence-corrected chi connectivity index (χ2v) is 5.39. The Balaban J connectivity index is 2.42. The van der Waals surface area contributed by atoms with E-state index in [1.807, 2.05) is 0 Å². The Labute approximate surface area is 139 Å². The third-order valence-electron chi connectivity index (χ3n) is 2.92. The summed E-state index contributed by atoms with van der Waals surface area (Å²) in [6, 6.07) is 5.19. The van der Waals surface area contributed by atoms with Gasteiger partial charge in [0.25, 0.3) is 0 Å². The van der Waals surface area contributed by atoms with E-state index >= 15 is 0 Å². The molecule has 7 nitrogen and oxygen atoms in total. The number of anilines is 1. The van der Waals surface area contributed by atoms with E-state index in [2.05, 4.69) is 15.8 Å². The van der Waals surface area contributed by atoms with Crippen LogP contribution in [0.5, 0.6) is 0 Å². The highest BCUT2D eigenvalue weighted by molar-refractivity contribution is 6.31. The molecule has 23 heavy (non-hydrogen) atoms. The molecule has 0 aromatic heterocycles. The average Bonchev–Trinajstić information content (AvgIpc) is 2.47. The van der Waals surface area contributed by atoms with Crippen LogP contribution in [-0.2, 0) is 14.4 Å². The Kier molecular flexibility index (Phi) is 7.21. The number of primary amides is 1. The molecule has 1 aromatic rings. The zero-order valence-corrected chi connectivity index (χ0v) is 13.7. The van der Waals surface area contributed by atoms with E-state index in [9.17, 15) is 14.4 Å². The van der Waals surface area contributed by atoms with Gasteiger partial charge in [0.1, 0.15) is 0 Å². The fourth-order valence-electron chi connectivity index (χ4n) is 1.69. The lowest BCUT2D eigenvalue weighted by atomic mass is 10.2. The van der Waals surface area contributed by atoms with Gasteiger partial charge in [0.2, 0.25) is 17.7 Å². The lowest BCUT2D eigenvalue weighted by Crippen LogP contribution is -2.23. The molecule has 1 aromatic carbocycles. The largest absolute Gasteiger partial charge is 0.369 e. The highest BCUT2D eigenvalue weighted by atomic mass is 35.5. The predicted molar refractivity (Wildman–Crippen MR) is 89.1 cm³/mol. The number of amides is 3. The van der Waals surface area contributed by atoms with E-state index in [0.717, 1.165) is 5.56 Å². The summed E-state index contributed by atoms with van der Waals surface area (Å²) in [6.07, 6.45) is -0.0597. The Hall–Kier alpha value is -2.41. The quantitative estimate of drug-likeness (QED) is 0.519. The van der Waals surface area contributed by atoms with Crippen LogP contribution >= 0.6 is 11.6 Å². The van der Waals surface area contributed by atoms with Crippen LogP contribution in [-0.4, -0.2) is 23.4 Å². The van der Waals surface area contributed by atoms with E-state index < -0.39 is 11.8 Å². The molecule has 0 radical (unpaired) electrons. The van der Waals surface area contributed by atoms with Gasteiger partial charge < -0.3 is 11.1 Å². The van der Waals surface area contributed by atoms with Gasteiger partial charge in [0, 0.05) is 29.3 Å². The molecule has 0 bridgehead atoms. The summed E-state index contributed by atoms with van der Waals surface area (Å²) in [6.45, 7) is 3.36. The Bertz CT molecular complexity index is 644. The molecule has 124 valence electrons. The maximum Gasteiger partial charge on any atom is 0.240 e. The van der Waals surface area contributed by atoms with Crippen molar-refractivity contribution < 1.29 is 14.4 Å². The van der Waals surface area contributed by atoms with E-state index in [-0.39, 0.29) is 25.2 Å². The minimum Gasteiger partial charge on any atom is -0.369 e. The number of benzene rings is 1. The Morgan fingerprint density at radius 1 is 1.22 bits per heavy atom. The molecule has 0 aliphatic rings. The molecule has 0 atom stereocenters. The third kappa shape index (κ3) is 6.92.